The lowest BCUT2D eigenvalue weighted by Gasteiger charge is -2.34. The summed E-state index contributed by atoms with van der Waals surface area (Å²) in [4.78, 5) is 4.28. The molecule has 0 atom stereocenters. The van der Waals surface area contributed by atoms with Gasteiger partial charge in [-0.2, -0.15) is 4.98 Å². The Bertz CT molecular complexity index is 550. The van der Waals surface area contributed by atoms with E-state index in [9.17, 15) is 0 Å². The highest BCUT2D eigenvalue weighted by molar-refractivity contribution is 5.85. The molecule has 2 N–H and O–H groups in total. The minimum atomic E-state index is -0.430. The third-order valence-electron chi connectivity index (χ3n) is 3.18. The lowest BCUT2D eigenvalue weighted by Crippen LogP contribution is -2.44. The summed E-state index contributed by atoms with van der Waals surface area (Å²) in [6.07, 6.45) is 2.88. The normalized spacial score (nSPS) is 16.7. The fourth-order valence-electron chi connectivity index (χ4n) is 1.94. The van der Waals surface area contributed by atoms with Crippen molar-refractivity contribution in [3.05, 3.63) is 17.7 Å². The summed E-state index contributed by atoms with van der Waals surface area (Å²) in [6, 6.07) is 1.71. The molecular weight excluding hydrogens is 272 g/mol. The Morgan fingerprint density at radius 3 is 2.79 bits per heavy atom. The van der Waals surface area contributed by atoms with E-state index >= 15 is 0 Å². The number of hydrogen-bond donors (Lipinski definition) is 1. The van der Waals surface area contributed by atoms with E-state index in [1.54, 1.807) is 13.2 Å². The van der Waals surface area contributed by atoms with Crippen molar-refractivity contribution >= 4 is 12.4 Å². The van der Waals surface area contributed by atoms with Crippen LogP contribution in [0.25, 0.3) is 11.6 Å². The van der Waals surface area contributed by atoms with E-state index in [-0.39, 0.29) is 12.4 Å². The molecule has 1 aliphatic carbocycles. The van der Waals surface area contributed by atoms with E-state index in [0.29, 0.717) is 29.8 Å². The summed E-state index contributed by atoms with van der Waals surface area (Å²) in [6.45, 7) is 0.356. The van der Waals surface area contributed by atoms with Gasteiger partial charge in [-0.15, -0.1) is 12.4 Å². The van der Waals surface area contributed by atoms with Crippen molar-refractivity contribution in [3.8, 4) is 11.6 Å². The van der Waals surface area contributed by atoms with Crippen LogP contribution in [0.5, 0.6) is 0 Å². The first kappa shape index (κ1) is 14.0. The number of rotatable bonds is 4. The number of aromatic nitrogens is 3. The molecule has 0 radical (unpaired) electrons. The van der Waals surface area contributed by atoms with E-state index in [2.05, 4.69) is 15.3 Å². The zero-order valence-electron chi connectivity index (χ0n) is 10.5. The van der Waals surface area contributed by atoms with Crippen molar-refractivity contribution < 1.29 is 13.8 Å². The van der Waals surface area contributed by atoms with Crippen LogP contribution in [0.3, 0.4) is 0 Å². The zero-order chi connectivity index (χ0) is 12.6. The van der Waals surface area contributed by atoms with E-state index in [4.69, 9.17) is 19.5 Å². The summed E-state index contributed by atoms with van der Waals surface area (Å²) in [7, 11) is 1.59. The van der Waals surface area contributed by atoms with Gasteiger partial charge in [0.05, 0.1) is 5.54 Å². The summed E-state index contributed by atoms with van der Waals surface area (Å²) in [5, 5.41) is 7.77. The molecule has 0 spiro atoms. The van der Waals surface area contributed by atoms with Gasteiger partial charge in [0, 0.05) is 13.2 Å². The fourth-order valence-corrected chi connectivity index (χ4v) is 1.94. The molecule has 19 heavy (non-hydrogen) atoms. The lowest BCUT2D eigenvalue weighted by molar-refractivity contribution is 0.156. The first-order valence-corrected chi connectivity index (χ1v) is 5.79. The van der Waals surface area contributed by atoms with E-state index < -0.39 is 5.54 Å². The van der Waals surface area contributed by atoms with Crippen molar-refractivity contribution in [3.63, 3.8) is 0 Å². The van der Waals surface area contributed by atoms with Crippen LogP contribution >= 0.6 is 12.4 Å². The molecule has 0 unspecified atom stereocenters. The Morgan fingerprint density at radius 2 is 2.16 bits per heavy atom. The molecule has 0 amide bonds. The minimum Gasteiger partial charge on any atom is -0.377 e. The third-order valence-corrected chi connectivity index (χ3v) is 3.18. The highest BCUT2D eigenvalue weighted by Gasteiger charge is 2.39. The number of nitrogens with two attached hydrogens (primary N) is 1. The molecule has 8 heteroatoms. The SMILES string of the molecule is COCc1cc(-c2nc(C3(N)CCC3)no2)no1.Cl. The van der Waals surface area contributed by atoms with Crippen molar-refractivity contribution in [2.24, 2.45) is 5.73 Å². The minimum absolute atomic E-state index is 0. The summed E-state index contributed by atoms with van der Waals surface area (Å²) in [5.74, 6) is 1.48. The second-order valence-electron chi connectivity index (χ2n) is 4.54. The molecule has 0 saturated heterocycles. The molecule has 1 aliphatic rings. The van der Waals surface area contributed by atoms with Gasteiger partial charge in [0.2, 0.25) is 0 Å². The molecule has 1 saturated carbocycles. The zero-order valence-corrected chi connectivity index (χ0v) is 11.3. The maximum atomic E-state index is 6.12. The number of halogens is 1. The van der Waals surface area contributed by atoms with Crippen molar-refractivity contribution in [2.45, 2.75) is 31.4 Å². The molecule has 2 aromatic rings. The fraction of sp³-hybridized carbons (Fsp3) is 0.545. The molecule has 3 rings (SSSR count). The number of hydrogen-bond acceptors (Lipinski definition) is 7. The maximum Gasteiger partial charge on any atom is 0.280 e. The predicted molar refractivity (Wildman–Crippen MR) is 67.5 cm³/mol. The Kier molecular flexibility index (Phi) is 3.88. The summed E-state index contributed by atoms with van der Waals surface area (Å²) >= 11 is 0. The number of ether oxygens (including phenoxy) is 1. The molecule has 2 aromatic heterocycles. The second kappa shape index (κ2) is 5.28. The van der Waals surface area contributed by atoms with E-state index in [0.717, 1.165) is 19.3 Å². The van der Waals surface area contributed by atoms with Gasteiger partial charge in [-0.25, -0.2) is 0 Å². The first-order valence-electron chi connectivity index (χ1n) is 5.79. The largest absolute Gasteiger partial charge is 0.377 e. The molecule has 1 fully saturated rings. The monoisotopic (exact) mass is 286 g/mol. The third kappa shape index (κ3) is 2.49. The Labute approximate surface area is 115 Å². The Morgan fingerprint density at radius 1 is 1.37 bits per heavy atom. The highest BCUT2D eigenvalue weighted by atomic mass is 35.5. The van der Waals surface area contributed by atoms with Gasteiger partial charge in [0.25, 0.3) is 5.89 Å². The standard InChI is InChI=1S/C11H14N4O3.ClH/c1-16-6-7-5-8(14-17-7)9-13-10(15-18-9)11(12)3-2-4-11;/h5H,2-4,6,12H2,1H3;1H. The van der Waals surface area contributed by atoms with Gasteiger partial charge >= 0.3 is 0 Å². The van der Waals surface area contributed by atoms with Gasteiger partial charge in [-0.3, -0.25) is 0 Å². The topological polar surface area (TPSA) is 100 Å². The van der Waals surface area contributed by atoms with Crippen LogP contribution < -0.4 is 5.73 Å². The van der Waals surface area contributed by atoms with Gasteiger partial charge in [0.1, 0.15) is 6.61 Å². The molecule has 0 bridgehead atoms. The van der Waals surface area contributed by atoms with Crippen LogP contribution in [-0.2, 0) is 16.9 Å². The molecule has 2 heterocycles. The summed E-state index contributed by atoms with van der Waals surface area (Å²) < 4.78 is 15.2. The van der Waals surface area contributed by atoms with Gasteiger partial charge in [-0.1, -0.05) is 10.3 Å². The van der Waals surface area contributed by atoms with Gasteiger partial charge in [-0.05, 0) is 19.3 Å². The van der Waals surface area contributed by atoms with Crippen LogP contribution in [0, 0.1) is 0 Å². The van der Waals surface area contributed by atoms with Crippen LogP contribution in [0.15, 0.2) is 15.1 Å². The van der Waals surface area contributed by atoms with Crippen molar-refractivity contribution in [1.29, 1.82) is 0 Å². The van der Waals surface area contributed by atoms with Crippen molar-refractivity contribution in [2.75, 3.05) is 7.11 Å². The molecule has 0 aliphatic heterocycles. The number of methoxy groups -OCH3 is 1. The molecule has 7 nitrogen and oxygen atoms in total. The maximum absolute atomic E-state index is 6.12. The van der Waals surface area contributed by atoms with Crippen molar-refractivity contribution in [1.82, 2.24) is 15.3 Å². The smallest absolute Gasteiger partial charge is 0.280 e. The van der Waals surface area contributed by atoms with Crippen LogP contribution in [0.4, 0.5) is 0 Å². The lowest BCUT2D eigenvalue weighted by atomic mass is 9.77. The van der Waals surface area contributed by atoms with Crippen LogP contribution in [0.1, 0.15) is 30.8 Å². The van der Waals surface area contributed by atoms with Crippen LogP contribution in [-0.4, -0.2) is 22.4 Å². The predicted octanol–water partition coefficient (Wildman–Crippen LogP) is 1.63. The summed E-state index contributed by atoms with van der Waals surface area (Å²) in [5.41, 5.74) is 6.19. The highest BCUT2D eigenvalue weighted by Crippen LogP contribution is 2.37. The Balaban J connectivity index is 0.00000133. The average Bonchev–Trinajstić information content (AvgIpc) is 2.94. The molecule has 104 valence electrons. The van der Waals surface area contributed by atoms with E-state index in [1.807, 2.05) is 0 Å². The van der Waals surface area contributed by atoms with Gasteiger partial charge in [0.15, 0.2) is 17.3 Å². The van der Waals surface area contributed by atoms with E-state index in [1.165, 1.54) is 0 Å². The molecular formula is C11H15ClN4O3. The Hall–Kier alpha value is -1.44. The van der Waals surface area contributed by atoms with Crippen LogP contribution in [0.2, 0.25) is 0 Å². The number of nitrogens with zero attached hydrogens (tertiary/aromatic N) is 3. The first-order chi connectivity index (χ1) is 8.71. The van der Waals surface area contributed by atoms with Gasteiger partial charge < -0.3 is 19.5 Å². The molecule has 0 aromatic carbocycles. The average molecular weight is 287 g/mol. The quantitative estimate of drug-likeness (QED) is 0.911. The second-order valence-corrected chi connectivity index (χ2v) is 4.54.